The van der Waals surface area contributed by atoms with Crippen LogP contribution in [0.2, 0.25) is 0 Å². The lowest BCUT2D eigenvalue weighted by Crippen LogP contribution is -1.92. The van der Waals surface area contributed by atoms with Crippen LogP contribution >= 0.6 is 11.8 Å². The van der Waals surface area contributed by atoms with Crippen LogP contribution in [-0.4, -0.2) is 5.25 Å². The number of benzene rings is 2. The van der Waals surface area contributed by atoms with Crippen LogP contribution in [0, 0.1) is 0 Å². The molecule has 0 nitrogen and oxygen atoms in total. The highest BCUT2D eigenvalue weighted by atomic mass is 32.2. The van der Waals surface area contributed by atoms with E-state index >= 15 is 0 Å². The molecule has 0 atom stereocenters. The lowest BCUT2D eigenvalue weighted by Gasteiger charge is -2.14. The van der Waals surface area contributed by atoms with Crippen molar-refractivity contribution in [2.24, 2.45) is 0 Å². The first kappa shape index (κ1) is 13.0. The van der Waals surface area contributed by atoms with Gasteiger partial charge in [0.05, 0.1) is 0 Å². The van der Waals surface area contributed by atoms with E-state index in [1.807, 2.05) is 17.8 Å². The molecule has 0 saturated heterocycles. The molecule has 0 saturated carbocycles. The summed E-state index contributed by atoms with van der Waals surface area (Å²) in [7, 11) is 0. The van der Waals surface area contributed by atoms with Crippen molar-refractivity contribution in [1.82, 2.24) is 0 Å². The molecule has 0 aliphatic heterocycles. The van der Waals surface area contributed by atoms with Gasteiger partial charge in [-0.15, -0.1) is 11.8 Å². The van der Waals surface area contributed by atoms with Crippen molar-refractivity contribution in [1.29, 1.82) is 0 Å². The van der Waals surface area contributed by atoms with Crippen molar-refractivity contribution >= 4 is 17.8 Å². The molecule has 1 heteroatoms. The van der Waals surface area contributed by atoms with Crippen LogP contribution < -0.4 is 0 Å². The molecule has 0 unspecified atom stereocenters. The summed E-state index contributed by atoms with van der Waals surface area (Å²) < 4.78 is 0. The maximum Gasteiger partial charge on any atom is 0.0225 e. The quantitative estimate of drug-likeness (QED) is 0.649. The second-order valence-electron chi connectivity index (χ2n) is 4.46. The van der Waals surface area contributed by atoms with Gasteiger partial charge in [0.2, 0.25) is 0 Å². The van der Waals surface area contributed by atoms with Crippen LogP contribution in [0.4, 0.5) is 0 Å². The van der Waals surface area contributed by atoms with Crippen LogP contribution in [-0.2, 0) is 0 Å². The highest BCUT2D eigenvalue weighted by molar-refractivity contribution is 8.00. The average Bonchev–Trinajstić information content (AvgIpc) is 2.39. The SMILES string of the molecule is C=Cc1cccc(-c2ccccc2)c1SC(C)C. The van der Waals surface area contributed by atoms with E-state index in [-0.39, 0.29) is 0 Å². The van der Waals surface area contributed by atoms with E-state index in [1.54, 1.807) is 0 Å². The normalized spacial score (nSPS) is 10.6. The Kier molecular flexibility index (Phi) is 4.27. The minimum atomic E-state index is 0.563. The van der Waals surface area contributed by atoms with Gasteiger partial charge < -0.3 is 0 Å². The molecule has 0 radical (unpaired) electrons. The standard InChI is InChI=1S/C17H18S/c1-4-14-11-8-12-16(17(14)18-13(2)3)15-9-6-5-7-10-15/h4-13H,1H2,2-3H3. The first-order valence-electron chi connectivity index (χ1n) is 6.20. The lowest BCUT2D eigenvalue weighted by molar-refractivity contribution is 1.11. The van der Waals surface area contributed by atoms with E-state index in [4.69, 9.17) is 0 Å². The largest absolute Gasteiger partial charge is 0.122 e. The summed E-state index contributed by atoms with van der Waals surface area (Å²) in [6.45, 7) is 8.36. The van der Waals surface area contributed by atoms with Gasteiger partial charge in [-0.25, -0.2) is 0 Å². The van der Waals surface area contributed by atoms with Crippen molar-refractivity contribution in [3.05, 3.63) is 60.7 Å². The van der Waals surface area contributed by atoms with Crippen molar-refractivity contribution in [3.8, 4) is 11.1 Å². The van der Waals surface area contributed by atoms with E-state index < -0.39 is 0 Å². The first-order valence-corrected chi connectivity index (χ1v) is 7.08. The van der Waals surface area contributed by atoms with Gasteiger partial charge in [0.25, 0.3) is 0 Å². The Bertz CT molecular complexity index is 527. The van der Waals surface area contributed by atoms with Crippen LogP contribution in [0.5, 0.6) is 0 Å². The summed E-state index contributed by atoms with van der Waals surface area (Å²) >= 11 is 1.90. The molecule has 2 aromatic rings. The average molecular weight is 254 g/mol. The van der Waals surface area contributed by atoms with E-state index in [1.165, 1.54) is 21.6 Å². The molecule has 0 bridgehead atoms. The molecular formula is C17H18S. The van der Waals surface area contributed by atoms with Gasteiger partial charge in [-0.2, -0.15) is 0 Å². The molecule has 0 heterocycles. The molecular weight excluding hydrogens is 236 g/mol. The Morgan fingerprint density at radius 1 is 1.00 bits per heavy atom. The Morgan fingerprint density at radius 3 is 2.33 bits per heavy atom. The van der Waals surface area contributed by atoms with Crippen LogP contribution in [0.15, 0.2) is 60.0 Å². The van der Waals surface area contributed by atoms with Gasteiger partial charge in [0, 0.05) is 10.1 Å². The smallest absolute Gasteiger partial charge is 0.0225 e. The molecule has 2 rings (SSSR count). The zero-order chi connectivity index (χ0) is 13.0. The molecule has 0 aliphatic rings. The molecule has 0 amide bonds. The third-order valence-electron chi connectivity index (χ3n) is 2.70. The van der Waals surface area contributed by atoms with E-state index in [9.17, 15) is 0 Å². The summed E-state index contributed by atoms with van der Waals surface area (Å²) in [5, 5.41) is 0.563. The van der Waals surface area contributed by atoms with Crippen LogP contribution in [0.1, 0.15) is 19.4 Å². The zero-order valence-electron chi connectivity index (χ0n) is 10.9. The van der Waals surface area contributed by atoms with Crippen LogP contribution in [0.3, 0.4) is 0 Å². The molecule has 0 spiro atoms. The van der Waals surface area contributed by atoms with Gasteiger partial charge in [0.1, 0.15) is 0 Å². The van der Waals surface area contributed by atoms with Crippen molar-refractivity contribution in [2.75, 3.05) is 0 Å². The first-order chi connectivity index (χ1) is 8.72. The third-order valence-corrected chi connectivity index (χ3v) is 3.87. The van der Waals surface area contributed by atoms with Gasteiger partial charge in [0.15, 0.2) is 0 Å². The molecule has 0 aliphatic carbocycles. The second-order valence-corrected chi connectivity index (χ2v) is 6.05. The fourth-order valence-electron chi connectivity index (χ4n) is 1.93. The van der Waals surface area contributed by atoms with Crippen molar-refractivity contribution in [3.63, 3.8) is 0 Å². The summed E-state index contributed by atoms with van der Waals surface area (Å²) in [5.41, 5.74) is 3.78. The molecule has 0 N–H and O–H groups in total. The zero-order valence-corrected chi connectivity index (χ0v) is 11.7. The van der Waals surface area contributed by atoms with Gasteiger partial charge in [-0.1, -0.05) is 75.0 Å². The predicted octanol–water partition coefficient (Wildman–Crippen LogP) is 5.50. The number of hydrogen-bond acceptors (Lipinski definition) is 1. The predicted molar refractivity (Wildman–Crippen MR) is 83.0 cm³/mol. The lowest BCUT2D eigenvalue weighted by atomic mass is 10.0. The van der Waals surface area contributed by atoms with Crippen molar-refractivity contribution in [2.45, 2.75) is 24.0 Å². The number of thioether (sulfide) groups is 1. The maximum absolute atomic E-state index is 3.92. The monoisotopic (exact) mass is 254 g/mol. The third kappa shape index (κ3) is 2.85. The molecule has 2 aromatic carbocycles. The topological polar surface area (TPSA) is 0 Å². The summed E-state index contributed by atoms with van der Waals surface area (Å²) in [5.74, 6) is 0. The van der Waals surface area contributed by atoms with E-state index in [0.717, 1.165) is 0 Å². The number of rotatable bonds is 4. The minimum absolute atomic E-state index is 0.563. The molecule has 0 aromatic heterocycles. The summed E-state index contributed by atoms with van der Waals surface area (Å²) in [6, 6.07) is 17.0. The second kappa shape index (κ2) is 5.92. The minimum Gasteiger partial charge on any atom is -0.122 e. The number of hydrogen-bond donors (Lipinski definition) is 0. The Labute approximate surface area is 114 Å². The molecule has 18 heavy (non-hydrogen) atoms. The highest BCUT2D eigenvalue weighted by Crippen LogP contribution is 2.36. The van der Waals surface area contributed by atoms with E-state index in [2.05, 4.69) is 69.0 Å². The maximum atomic E-state index is 3.92. The summed E-state index contributed by atoms with van der Waals surface area (Å²) in [4.78, 5) is 1.33. The fourth-order valence-corrected chi connectivity index (χ4v) is 3.00. The van der Waals surface area contributed by atoms with Gasteiger partial charge in [-0.3, -0.25) is 0 Å². The van der Waals surface area contributed by atoms with E-state index in [0.29, 0.717) is 5.25 Å². The van der Waals surface area contributed by atoms with Gasteiger partial charge in [-0.05, 0) is 16.7 Å². The Morgan fingerprint density at radius 2 is 1.72 bits per heavy atom. The fraction of sp³-hybridized carbons (Fsp3) is 0.176. The molecule has 92 valence electrons. The highest BCUT2D eigenvalue weighted by Gasteiger charge is 2.10. The molecule has 0 fully saturated rings. The van der Waals surface area contributed by atoms with Crippen LogP contribution in [0.25, 0.3) is 17.2 Å². The summed E-state index contributed by atoms with van der Waals surface area (Å²) in [6.07, 6.45) is 1.94. The Balaban J connectivity index is 2.56. The Hall–Kier alpha value is -1.47. The van der Waals surface area contributed by atoms with Gasteiger partial charge >= 0.3 is 0 Å². The van der Waals surface area contributed by atoms with Crippen molar-refractivity contribution < 1.29 is 0 Å².